The molecule has 0 saturated heterocycles. The number of benzene rings is 1. The zero-order valence-electron chi connectivity index (χ0n) is 9.48. The van der Waals surface area contributed by atoms with Crippen LogP contribution in [-0.4, -0.2) is 9.97 Å². The van der Waals surface area contributed by atoms with Crippen molar-refractivity contribution in [3.05, 3.63) is 41.3 Å². The molecule has 2 heterocycles. The smallest absolute Gasteiger partial charge is 0.170 e. The Bertz CT molecular complexity index is 758. The summed E-state index contributed by atoms with van der Waals surface area (Å²) in [5, 5.41) is 11.1. The van der Waals surface area contributed by atoms with Gasteiger partial charge in [-0.2, -0.15) is 5.26 Å². The minimum atomic E-state index is -0.405. The number of H-pyrrole nitrogens is 1. The molecule has 2 aromatic heterocycles. The molecule has 4 nitrogen and oxygen atoms in total. The quantitative estimate of drug-likeness (QED) is 0.721. The second kappa shape index (κ2) is 4.91. The van der Waals surface area contributed by atoms with E-state index in [1.807, 2.05) is 11.4 Å². The average molecular weight is 290 g/mol. The zero-order chi connectivity index (χ0) is 13.2. The molecule has 0 spiro atoms. The van der Waals surface area contributed by atoms with Crippen molar-refractivity contribution in [3.8, 4) is 6.07 Å². The standard InChI is InChI=1S/C12H7FN4S2/c13-8-1-2-9(17-19-12-15-3-4-18-12)11-10(8)7(5-14)6-16-11/h1-4,6,16-17H. The Balaban J connectivity index is 1.98. The summed E-state index contributed by atoms with van der Waals surface area (Å²) in [7, 11) is 0. The van der Waals surface area contributed by atoms with Crippen LogP contribution >= 0.6 is 23.3 Å². The number of halogens is 1. The highest BCUT2D eigenvalue weighted by Gasteiger charge is 2.12. The second-order valence-electron chi connectivity index (χ2n) is 3.66. The SMILES string of the molecule is N#Cc1c[nH]c2c(NSc3nccs3)ccc(F)c12. The third-order valence-corrected chi connectivity index (χ3v) is 4.27. The molecule has 0 bridgehead atoms. The first-order chi connectivity index (χ1) is 9.29. The molecule has 7 heteroatoms. The van der Waals surface area contributed by atoms with Gasteiger partial charge in [-0.1, -0.05) is 0 Å². The van der Waals surface area contributed by atoms with Gasteiger partial charge in [0.25, 0.3) is 0 Å². The van der Waals surface area contributed by atoms with Crippen LogP contribution in [0.15, 0.2) is 34.2 Å². The van der Waals surface area contributed by atoms with E-state index in [2.05, 4.69) is 14.7 Å². The van der Waals surface area contributed by atoms with Crippen LogP contribution in [0.2, 0.25) is 0 Å². The van der Waals surface area contributed by atoms with Crippen LogP contribution in [0.5, 0.6) is 0 Å². The topological polar surface area (TPSA) is 64.5 Å². The number of anilines is 1. The van der Waals surface area contributed by atoms with Crippen LogP contribution in [0.4, 0.5) is 10.1 Å². The predicted octanol–water partition coefficient (Wildman–Crippen LogP) is 3.75. The van der Waals surface area contributed by atoms with E-state index in [9.17, 15) is 4.39 Å². The lowest BCUT2D eigenvalue weighted by Crippen LogP contribution is -1.89. The van der Waals surface area contributed by atoms with E-state index in [-0.39, 0.29) is 0 Å². The van der Waals surface area contributed by atoms with Crippen molar-refractivity contribution in [3.63, 3.8) is 0 Å². The average Bonchev–Trinajstić information content (AvgIpc) is 3.07. The molecular formula is C12H7FN4S2. The number of aromatic amines is 1. The summed E-state index contributed by atoms with van der Waals surface area (Å²) in [5.74, 6) is -0.405. The van der Waals surface area contributed by atoms with Gasteiger partial charge < -0.3 is 9.71 Å². The Morgan fingerprint density at radius 3 is 3.11 bits per heavy atom. The number of thiazole rings is 1. The van der Waals surface area contributed by atoms with Gasteiger partial charge in [-0.05, 0) is 12.1 Å². The molecule has 0 radical (unpaired) electrons. The Hall–Kier alpha value is -2.04. The van der Waals surface area contributed by atoms with Crippen molar-refractivity contribution in [1.82, 2.24) is 9.97 Å². The summed E-state index contributed by atoms with van der Waals surface area (Å²) in [4.78, 5) is 7.06. The minimum Gasteiger partial charge on any atom is -0.358 e. The van der Waals surface area contributed by atoms with Crippen LogP contribution < -0.4 is 4.72 Å². The maximum absolute atomic E-state index is 13.7. The minimum absolute atomic E-state index is 0.301. The highest BCUT2D eigenvalue weighted by atomic mass is 32.2. The molecule has 0 amide bonds. The Morgan fingerprint density at radius 1 is 1.47 bits per heavy atom. The Kier molecular flexibility index (Phi) is 3.11. The predicted molar refractivity (Wildman–Crippen MR) is 74.6 cm³/mol. The number of nitrogens with zero attached hydrogens (tertiary/aromatic N) is 2. The van der Waals surface area contributed by atoms with E-state index >= 15 is 0 Å². The molecule has 0 unspecified atom stereocenters. The molecule has 3 aromatic rings. The summed E-state index contributed by atoms with van der Waals surface area (Å²) in [6.45, 7) is 0. The largest absolute Gasteiger partial charge is 0.358 e. The maximum Gasteiger partial charge on any atom is 0.170 e. The molecule has 2 N–H and O–H groups in total. The molecule has 0 saturated carbocycles. The molecule has 0 aliphatic carbocycles. The fraction of sp³-hybridized carbons (Fsp3) is 0. The van der Waals surface area contributed by atoms with Crippen LogP contribution in [0.3, 0.4) is 0 Å². The molecular weight excluding hydrogens is 283 g/mol. The lowest BCUT2D eigenvalue weighted by Gasteiger charge is -2.05. The first-order valence-corrected chi connectivity index (χ1v) is 7.01. The molecule has 0 aliphatic heterocycles. The molecule has 3 rings (SSSR count). The number of rotatable bonds is 3. The highest BCUT2D eigenvalue weighted by molar-refractivity contribution is 8.02. The third kappa shape index (κ3) is 2.16. The van der Waals surface area contributed by atoms with E-state index in [0.717, 1.165) is 10.0 Å². The van der Waals surface area contributed by atoms with Crippen molar-refractivity contribution >= 4 is 39.9 Å². The van der Waals surface area contributed by atoms with Crippen LogP contribution in [0.25, 0.3) is 10.9 Å². The molecule has 0 aliphatic rings. The van der Waals surface area contributed by atoms with Crippen molar-refractivity contribution in [2.75, 3.05) is 4.72 Å². The summed E-state index contributed by atoms with van der Waals surface area (Å²) < 4.78 is 17.7. The first-order valence-electron chi connectivity index (χ1n) is 5.31. The van der Waals surface area contributed by atoms with E-state index in [4.69, 9.17) is 5.26 Å². The molecule has 0 atom stereocenters. The van der Waals surface area contributed by atoms with Gasteiger partial charge in [-0.3, -0.25) is 0 Å². The van der Waals surface area contributed by atoms with E-state index in [0.29, 0.717) is 16.5 Å². The molecule has 94 valence electrons. The van der Waals surface area contributed by atoms with E-state index < -0.39 is 5.82 Å². The van der Waals surface area contributed by atoms with Gasteiger partial charge >= 0.3 is 0 Å². The molecule has 1 aromatic carbocycles. The normalized spacial score (nSPS) is 10.5. The van der Waals surface area contributed by atoms with Gasteiger partial charge in [0.1, 0.15) is 11.9 Å². The first kappa shape index (κ1) is 12.0. The number of aromatic nitrogens is 2. The number of nitrogens with one attached hydrogen (secondary N) is 2. The highest BCUT2D eigenvalue weighted by Crippen LogP contribution is 2.31. The fourth-order valence-corrected chi connectivity index (χ4v) is 3.06. The number of fused-ring (bicyclic) bond motifs is 1. The van der Waals surface area contributed by atoms with Gasteiger partial charge in [-0.25, -0.2) is 9.37 Å². The van der Waals surface area contributed by atoms with E-state index in [1.54, 1.807) is 12.3 Å². The summed E-state index contributed by atoms with van der Waals surface area (Å²) >= 11 is 2.86. The van der Waals surface area contributed by atoms with Gasteiger partial charge in [0, 0.05) is 29.7 Å². The van der Waals surface area contributed by atoms with Gasteiger partial charge in [0.15, 0.2) is 4.34 Å². The van der Waals surface area contributed by atoms with Crippen LogP contribution in [-0.2, 0) is 0 Å². The Morgan fingerprint density at radius 2 is 2.37 bits per heavy atom. The maximum atomic E-state index is 13.7. The van der Waals surface area contributed by atoms with Crippen molar-refractivity contribution in [2.24, 2.45) is 0 Å². The van der Waals surface area contributed by atoms with Gasteiger partial charge in [0.2, 0.25) is 0 Å². The van der Waals surface area contributed by atoms with Crippen LogP contribution in [0.1, 0.15) is 5.56 Å². The fourth-order valence-electron chi connectivity index (χ4n) is 1.74. The zero-order valence-corrected chi connectivity index (χ0v) is 11.1. The van der Waals surface area contributed by atoms with Crippen molar-refractivity contribution < 1.29 is 4.39 Å². The van der Waals surface area contributed by atoms with Gasteiger partial charge in [-0.15, -0.1) is 11.3 Å². The lowest BCUT2D eigenvalue weighted by atomic mass is 10.1. The molecule has 19 heavy (non-hydrogen) atoms. The molecule has 0 fully saturated rings. The summed E-state index contributed by atoms with van der Waals surface area (Å²) in [6.07, 6.45) is 3.23. The van der Waals surface area contributed by atoms with Crippen molar-refractivity contribution in [1.29, 1.82) is 5.26 Å². The number of nitriles is 1. The third-order valence-electron chi connectivity index (χ3n) is 2.56. The number of hydrogen-bond acceptors (Lipinski definition) is 5. The summed E-state index contributed by atoms with van der Waals surface area (Å²) in [5.41, 5.74) is 1.61. The van der Waals surface area contributed by atoms with Gasteiger partial charge in [0.05, 0.1) is 22.2 Å². The monoisotopic (exact) mass is 290 g/mol. The summed E-state index contributed by atoms with van der Waals surface area (Å²) in [6, 6.07) is 4.96. The van der Waals surface area contributed by atoms with Crippen molar-refractivity contribution in [2.45, 2.75) is 4.34 Å². The van der Waals surface area contributed by atoms with E-state index in [1.165, 1.54) is 35.5 Å². The Labute approximate surface area is 116 Å². The van der Waals surface area contributed by atoms with Crippen LogP contribution in [0, 0.1) is 17.1 Å². The lowest BCUT2D eigenvalue weighted by molar-refractivity contribution is 0.640. The number of hydrogen-bond donors (Lipinski definition) is 2. The second-order valence-corrected chi connectivity index (χ2v) is 5.61.